The van der Waals surface area contributed by atoms with Gasteiger partial charge in [-0.1, -0.05) is 23.4 Å². The van der Waals surface area contributed by atoms with Gasteiger partial charge in [0.1, 0.15) is 0 Å². The molecule has 2 rings (SSSR count). The molecule has 88 valence electrons. The fourth-order valence-electron chi connectivity index (χ4n) is 1.16. The average Bonchev–Trinajstić information content (AvgIpc) is 2.67. The molecule has 1 saturated heterocycles. The van der Waals surface area contributed by atoms with Gasteiger partial charge >= 0.3 is 6.03 Å². The summed E-state index contributed by atoms with van der Waals surface area (Å²) in [6.45, 7) is 0. The minimum atomic E-state index is -0.531. The van der Waals surface area contributed by atoms with Gasteiger partial charge in [-0.2, -0.15) is 4.99 Å². The first kappa shape index (κ1) is 11.9. The van der Waals surface area contributed by atoms with Crippen molar-refractivity contribution in [2.75, 3.05) is 11.1 Å². The Kier molecular flexibility index (Phi) is 3.65. The van der Waals surface area contributed by atoms with Crippen molar-refractivity contribution in [3.8, 4) is 0 Å². The van der Waals surface area contributed by atoms with Gasteiger partial charge in [0, 0.05) is 10.7 Å². The number of thioether (sulfide) groups is 1. The molecule has 0 radical (unpaired) electrons. The molecule has 3 amide bonds. The van der Waals surface area contributed by atoms with Gasteiger partial charge in [0.15, 0.2) is 5.17 Å². The SMILES string of the molecule is O=C1CS/C(=N/C(=O)Nc2ccc(Cl)cc2)N1. The van der Waals surface area contributed by atoms with Crippen molar-refractivity contribution >= 4 is 46.2 Å². The van der Waals surface area contributed by atoms with E-state index < -0.39 is 6.03 Å². The molecule has 17 heavy (non-hydrogen) atoms. The summed E-state index contributed by atoms with van der Waals surface area (Å²) in [5.41, 5.74) is 0.595. The summed E-state index contributed by atoms with van der Waals surface area (Å²) in [5, 5.41) is 5.94. The number of rotatable bonds is 1. The van der Waals surface area contributed by atoms with Crippen LogP contribution >= 0.6 is 23.4 Å². The summed E-state index contributed by atoms with van der Waals surface area (Å²) in [6, 6.07) is 6.13. The van der Waals surface area contributed by atoms with Crippen LogP contribution in [0.5, 0.6) is 0 Å². The van der Waals surface area contributed by atoms with Crippen LogP contribution in [0.25, 0.3) is 0 Å². The van der Waals surface area contributed by atoms with E-state index in [-0.39, 0.29) is 5.91 Å². The first-order valence-electron chi connectivity index (χ1n) is 4.71. The summed E-state index contributed by atoms with van der Waals surface area (Å²) < 4.78 is 0. The maximum Gasteiger partial charge on any atom is 0.347 e. The summed E-state index contributed by atoms with van der Waals surface area (Å²) >= 11 is 6.91. The predicted molar refractivity (Wildman–Crippen MR) is 68.5 cm³/mol. The number of amides is 3. The molecule has 1 aliphatic heterocycles. The molecular formula is C10H8ClN3O2S. The Morgan fingerprint density at radius 3 is 2.71 bits per heavy atom. The lowest BCUT2D eigenvalue weighted by molar-refractivity contribution is -0.116. The molecule has 0 unspecified atom stereocenters. The average molecular weight is 270 g/mol. The second kappa shape index (κ2) is 5.20. The third kappa shape index (κ3) is 3.47. The highest BCUT2D eigenvalue weighted by molar-refractivity contribution is 8.15. The van der Waals surface area contributed by atoms with E-state index in [0.29, 0.717) is 21.6 Å². The Balaban J connectivity index is 1.98. The number of nitrogens with zero attached hydrogens (tertiary/aromatic N) is 1. The van der Waals surface area contributed by atoms with Gasteiger partial charge in [0.25, 0.3) is 0 Å². The maximum atomic E-state index is 11.5. The molecule has 0 spiro atoms. The van der Waals surface area contributed by atoms with E-state index in [0.717, 1.165) is 0 Å². The normalized spacial score (nSPS) is 17.0. The van der Waals surface area contributed by atoms with Gasteiger partial charge in [-0.3, -0.25) is 4.79 Å². The smallest absolute Gasteiger partial charge is 0.306 e. The zero-order valence-electron chi connectivity index (χ0n) is 8.57. The molecule has 2 N–H and O–H groups in total. The second-order valence-electron chi connectivity index (χ2n) is 3.19. The lowest BCUT2D eigenvalue weighted by Crippen LogP contribution is -2.22. The fraction of sp³-hybridized carbons (Fsp3) is 0.100. The van der Waals surface area contributed by atoms with Crippen LogP contribution in [0.1, 0.15) is 0 Å². The van der Waals surface area contributed by atoms with E-state index in [1.807, 2.05) is 0 Å². The Bertz CT molecular complexity index is 487. The van der Waals surface area contributed by atoms with Crippen molar-refractivity contribution < 1.29 is 9.59 Å². The highest BCUT2D eigenvalue weighted by Crippen LogP contribution is 2.14. The topological polar surface area (TPSA) is 70.6 Å². The van der Waals surface area contributed by atoms with Gasteiger partial charge in [0.05, 0.1) is 5.75 Å². The molecule has 0 atom stereocenters. The molecule has 1 aromatic carbocycles. The van der Waals surface area contributed by atoms with E-state index in [9.17, 15) is 9.59 Å². The zero-order valence-corrected chi connectivity index (χ0v) is 10.1. The number of anilines is 1. The van der Waals surface area contributed by atoms with Gasteiger partial charge in [-0.05, 0) is 24.3 Å². The van der Waals surface area contributed by atoms with Gasteiger partial charge in [-0.25, -0.2) is 4.79 Å². The van der Waals surface area contributed by atoms with Crippen LogP contribution in [0.15, 0.2) is 29.3 Å². The minimum absolute atomic E-state index is 0.145. The van der Waals surface area contributed by atoms with Crippen LogP contribution in [-0.4, -0.2) is 22.9 Å². The highest BCUT2D eigenvalue weighted by atomic mass is 35.5. The molecule has 1 aliphatic rings. The van der Waals surface area contributed by atoms with Crippen LogP contribution in [0.2, 0.25) is 5.02 Å². The number of halogens is 1. The van der Waals surface area contributed by atoms with Crippen molar-refractivity contribution in [2.45, 2.75) is 0 Å². The highest BCUT2D eigenvalue weighted by Gasteiger charge is 2.17. The first-order valence-corrected chi connectivity index (χ1v) is 6.08. The maximum absolute atomic E-state index is 11.5. The number of urea groups is 1. The van der Waals surface area contributed by atoms with Gasteiger partial charge in [0.2, 0.25) is 5.91 Å². The molecule has 0 aromatic heterocycles. The van der Waals surface area contributed by atoms with Crippen molar-refractivity contribution in [1.82, 2.24) is 5.32 Å². The quantitative estimate of drug-likeness (QED) is 0.820. The summed E-state index contributed by atoms with van der Waals surface area (Å²) in [4.78, 5) is 26.0. The van der Waals surface area contributed by atoms with Crippen LogP contribution in [0, 0.1) is 0 Å². The minimum Gasteiger partial charge on any atom is -0.306 e. The number of aliphatic imine (C=N–C) groups is 1. The first-order chi connectivity index (χ1) is 8.13. The molecule has 0 aliphatic carbocycles. The summed E-state index contributed by atoms with van der Waals surface area (Å²) in [6.07, 6.45) is 0. The van der Waals surface area contributed by atoms with E-state index in [4.69, 9.17) is 11.6 Å². The number of hydrogen-bond acceptors (Lipinski definition) is 3. The summed E-state index contributed by atoms with van der Waals surface area (Å²) in [7, 11) is 0. The van der Waals surface area contributed by atoms with E-state index in [2.05, 4.69) is 15.6 Å². The lowest BCUT2D eigenvalue weighted by atomic mass is 10.3. The Morgan fingerprint density at radius 2 is 2.12 bits per heavy atom. The standard InChI is InChI=1S/C10H8ClN3O2S/c11-6-1-3-7(4-2-6)12-9(16)14-10-13-8(15)5-17-10/h1-4H,5H2,(H2,12,13,14,15,16). The van der Waals surface area contributed by atoms with Crippen LogP contribution in [-0.2, 0) is 4.79 Å². The van der Waals surface area contributed by atoms with Crippen molar-refractivity contribution in [2.24, 2.45) is 4.99 Å². The lowest BCUT2D eigenvalue weighted by Gasteiger charge is -2.01. The monoisotopic (exact) mass is 269 g/mol. The number of benzene rings is 1. The molecule has 1 aromatic rings. The van der Waals surface area contributed by atoms with Crippen molar-refractivity contribution in [3.05, 3.63) is 29.3 Å². The van der Waals surface area contributed by atoms with Gasteiger partial charge < -0.3 is 10.6 Å². The zero-order chi connectivity index (χ0) is 12.3. The van der Waals surface area contributed by atoms with E-state index in [1.165, 1.54) is 11.8 Å². The Labute approximate surface area is 107 Å². The summed E-state index contributed by atoms with van der Waals surface area (Å²) in [5.74, 6) is 0.153. The second-order valence-corrected chi connectivity index (χ2v) is 4.59. The largest absolute Gasteiger partial charge is 0.347 e. The van der Waals surface area contributed by atoms with Gasteiger partial charge in [-0.15, -0.1) is 0 Å². The molecule has 5 nitrogen and oxygen atoms in total. The molecule has 0 saturated carbocycles. The number of nitrogens with one attached hydrogen (secondary N) is 2. The Hall–Kier alpha value is -1.53. The molecule has 1 heterocycles. The number of hydrogen-bond donors (Lipinski definition) is 2. The number of carbonyl (C=O) groups excluding carboxylic acids is 2. The van der Waals surface area contributed by atoms with Crippen LogP contribution in [0.3, 0.4) is 0 Å². The van der Waals surface area contributed by atoms with Crippen LogP contribution in [0.4, 0.5) is 10.5 Å². The van der Waals surface area contributed by atoms with Crippen molar-refractivity contribution in [1.29, 1.82) is 0 Å². The number of carbonyl (C=O) groups is 2. The van der Waals surface area contributed by atoms with Crippen LogP contribution < -0.4 is 10.6 Å². The third-order valence-corrected chi connectivity index (χ3v) is 3.01. The fourth-order valence-corrected chi connectivity index (χ4v) is 1.96. The Morgan fingerprint density at radius 1 is 1.41 bits per heavy atom. The van der Waals surface area contributed by atoms with E-state index >= 15 is 0 Å². The molecule has 7 heteroatoms. The van der Waals surface area contributed by atoms with E-state index in [1.54, 1.807) is 24.3 Å². The molecule has 0 bridgehead atoms. The molecular weight excluding hydrogens is 262 g/mol. The third-order valence-electron chi connectivity index (χ3n) is 1.88. The predicted octanol–water partition coefficient (Wildman–Crippen LogP) is 2.09. The number of amidine groups is 1. The van der Waals surface area contributed by atoms with Crippen molar-refractivity contribution in [3.63, 3.8) is 0 Å². The molecule has 1 fully saturated rings.